The minimum absolute atomic E-state index is 0.0451. The molecule has 1 rings (SSSR count). The number of amides is 2. The average Bonchev–Trinajstić information content (AvgIpc) is 2.81. The lowest BCUT2D eigenvalue weighted by Crippen LogP contribution is -2.45. The fourth-order valence-corrected chi connectivity index (χ4v) is 2.48. The zero-order valence-electron chi connectivity index (χ0n) is 11.9. The Bertz CT molecular complexity index is 306. The lowest BCUT2D eigenvalue weighted by atomic mass is 10.1. The van der Waals surface area contributed by atoms with E-state index < -0.39 is 5.97 Å². The molecule has 110 valence electrons. The fraction of sp³-hybridized carbons (Fsp3) is 0.846. The molecule has 1 aliphatic rings. The van der Waals surface area contributed by atoms with E-state index in [4.69, 9.17) is 5.11 Å². The number of likely N-dealkylation sites (N-methyl/N-ethyl adjacent to an activating group) is 1. The molecule has 1 aliphatic heterocycles. The van der Waals surface area contributed by atoms with E-state index in [0.29, 0.717) is 13.1 Å². The summed E-state index contributed by atoms with van der Waals surface area (Å²) < 4.78 is 0. The summed E-state index contributed by atoms with van der Waals surface area (Å²) in [6.07, 6.45) is 1.72. The molecule has 0 aromatic carbocycles. The van der Waals surface area contributed by atoms with Crippen LogP contribution < -0.4 is 5.32 Å². The third kappa shape index (κ3) is 5.06. The van der Waals surface area contributed by atoms with E-state index in [1.807, 2.05) is 0 Å². The van der Waals surface area contributed by atoms with Crippen LogP contribution in [0, 0.1) is 0 Å². The smallest absolute Gasteiger partial charge is 0.317 e. The number of carbonyl (C=O) groups excluding carboxylic acids is 1. The molecule has 0 bridgehead atoms. The third-order valence-electron chi connectivity index (χ3n) is 3.65. The van der Waals surface area contributed by atoms with Gasteiger partial charge in [0, 0.05) is 25.7 Å². The van der Waals surface area contributed by atoms with Gasteiger partial charge in [0.25, 0.3) is 0 Å². The van der Waals surface area contributed by atoms with E-state index in [0.717, 1.165) is 32.5 Å². The zero-order valence-corrected chi connectivity index (χ0v) is 11.9. The first-order valence-electron chi connectivity index (χ1n) is 7.07. The van der Waals surface area contributed by atoms with Gasteiger partial charge in [-0.1, -0.05) is 13.8 Å². The highest BCUT2D eigenvalue weighted by molar-refractivity contribution is 5.76. The monoisotopic (exact) mass is 271 g/mol. The van der Waals surface area contributed by atoms with Crippen molar-refractivity contribution in [3.05, 3.63) is 0 Å². The van der Waals surface area contributed by atoms with E-state index in [-0.39, 0.29) is 18.5 Å². The van der Waals surface area contributed by atoms with Crippen molar-refractivity contribution in [3.8, 4) is 0 Å². The van der Waals surface area contributed by atoms with Gasteiger partial charge in [0.15, 0.2) is 0 Å². The number of carbonyl (C=O) groups is 2. The molecule has 1 heterocycles. The molecule has 2 N–H and O–H groups in total. The molecular weight excluding hydrogens is 246 g/mol. The highest BCUT2D eigenvalue weighted by Crippen LogP contribution is 2.19. The summed E-state index contributed by atoms with van der Waals surface area (Å²) in [6, 6.07) is -0.276. The maximum absolute atomic E-state index is 12.0. The number of hydrogen-bond donors (Lipinski definition) is 2. The highest BCUT2D eigenvalue weighted by Gasteiger charge is 2.30. The average molecular weight is 271 g/mol. The standard InChI is InChI=1S/C13H25N3O3/c1-3-15(4-2)9-7-14-13(19)16-8-5-6-11(16)10-12(17)18/h11H,3-10H2,1-2H3,(H,14,19)(H,17,18). The Kier molecular flexibility index (Phi) is 6.62. The molecule has 0 aromatic rings. The first kappa shape index (κ1) is 15.8. The Hall–Kier alpha value is -1.30. The van der Waals surface area contributed by atoms with Crippen LogP contribution >= 0.6 is 0 Å². The Morgan fingerprint density at radius 1 is 1.37 bits per heavy atom. The van der Waals surface area contributed by atoms with Crippen molar-refractivity contribution in [2.75, 3.05) is 32.7 Å². The van der Waals surface area contributed by atoms with Gasteiger partial charge in [-0.15, -0.1) is 0 Å². The topological polar surface area (TPSA) is 72.9 Å². The first-order chi connectivity index (χ1) is 9.08. The van der Waals surface area contributed by atoms with Crippen LogP contribution in [-0.4, -0.2) is 65.7 Å². The summed E-state index contributed by atoms with van der Waals surface area (Å²) in [5.41, 5.74) is 0. The summed E-state index contributed by atoms with van der Waals surface area (Å²) >= 11 is 0. The fourth-order valence-electron chi connectivity index (χ4n) is 2.48. The second-order valence-electron chi connectivity index (χ2n) is 4.85. The van der Waals surface area contributed by atoms with Gasteiger partial charge in [-0.25, -0.2) is 4.79 Å². The highest BCUT2D eigenvalue weighted by atomic mass is 16.4. The number of hydrogen-bond acceptors (Lipinski definition) is 3. The van der Waals surface area contributed by atoms with Gasteiger partial charge in [-0.05, 0) is 25.9 Å². The van der Waals surface area contributed by atoms with Crippen molar-refractivity contribution in [2.45, 2.75) is 39.2 Å². The molecule has 1 saturated heterocycles. The molecule has 0 spiro atoms. The summed E-state index contributed by atoms with van der Waals surface area (Å²) in [5, 5.41) is 11.7. The Labute approximate surface area is 114 Å². The number of likely N-dealkylation sites (tertiary alicyclic amines) is 1. The van der Waals surface area contributed by atoms with Gasteiger partial charge < -0.3 is 20.2 Å². The Morgan fingerprint density at radius 2 is 2.05 bits per heavy atom. The molecular formula is C13H25N3O3. The molecule has 0 aromatic heterocycles. The van der Waals surface area contributed by atoms with E-state index in [2.05, 4.69) is 24.1 Å². The van der Waals surface area contributed by atoms with Crippen LogP contribution in [0.3, 0.4) is 0 Å². The van der Waals surface area contributed by atoms with Crippen molar-refractivity contribution < 1.29 is 14.7 Å². The van der Waals surface area contributed by atoms with Crippen molar-refractivity contribution in [1.29, 1.82) is 0 Å². The number of aliphatic carboxylic acids is 1. The molecule has 6 heteroatoms. The van der Waals surface area contributed by atoms with E-state index in [9.17, 15) is 9.59 Å². The summed E-state index contributed by atoms with van der Waals surface area (Å²) in [6.45, 7) is 8.22. The van der Waals surface area contributed by atoms with Gasteiger partial charge in [0.1, 0.15) is 0 Å². The zero-order chi connectivity index (χ0) is 14.3. The molecule has 2 amide bonds. The predicted octanol–water partition coefficient (Wildman–Crippen LogP) is 0.977. The van der Waals surface area contributed by atoms with Crippen molar-refractivity contribution in [3.63, 3.8) is 0 Å². The maximum Gasteiger partial charge on any atom is 0.317 e. The minimum Gasteiger partial charge on any atom is -0.481 e. The third-order valence-corrected chi connectivity index (χ3v) is 3.65. The second kappa shape index (κ2) is 7.99. The summed E-state index contributed by atoms with van der Waals surface area (Å²) in [5.74, 6) is -0.840. The van der Waals surface area contributed by atoms with Crippen LogP contribution in [0.2, 0.25) is 0 Å². The lowest BCUT2D eigenvalue weighted by molar-refractivity contribution is -0.137. The molecule has 1 atom stereocenters. The van der Waals surface area contributed by atoms with Gasteiger partial charge in [-0.3, -0.25) is 4.79 Å². The number of rotatable bonds is 7. The van der Waals surface area contributed by atoms with Crippen LogP contribution in [0.1, 0.15) is 33.1 Å². The van der Waals surface area contributed by atoms with Crippen molar-refractivity contribution >= 4 is 12.0 Å². The normalized spacial score (nSPS) is 18.9. The first-order valence-corrected chi connectivity index (χ1v) is 7.07. The minimum atomic E-state index is -0.840. The van der Waals surface area contributed by atoms with Crippen molar-refractivity contribution in [2.24, 2.45) is 0 Å². The van der Waals surface area contributed by atoms with E-state index in [1.54, 1.807) is 4.90 Å². The van der Waals surface area contributed by atoms with Crippen LogP contribution in [0.4, 0.5) is 4.79 Å². The molecule has 1 fully saturated rings. The summed E-state index contributed by atoms with van der Waals surface area (Å²) in [4.78, 5) is 26.6. The van der Waals surface area contributed by atoms with E-state index in [1.165, 1.54) is 0 Å². The van der Waals surface area contributed by atoms with Crippen LogP contribution in [0.5, 0.6) is 0 Å². The van der Waals surface area contributed by atoms with Crippen LogP contribution in [-0.2, 0) is 4.79 Å². The molecule has 1 unspecified atom stereocenters. The Morgan fingerprint density at radius 3 is 2.63 bits per heavy atom. The van der Waals surface area contributed by atoms with Gasteiger partial charge in [0.05, 0.1) is 6.42 Å². The number of urea groups is 1. The largest absolute Gasteiger partial charge is 0.481 e. The number of nitrogens with zero attached hydrogens (tertiary/aromatic N) is 2. The molecule has 0 aliphatic carbocycles. The number of nitrogens with one attached hydrogen (secondary N) is 1. The van der Waals surface area contributed by atoms with Gasteiger partial charge in [0.2, 0.25) is 0 Å². The van der Waals surface area contributed by atoms with Crippen LogP contribution in [0.15, 0.2) is 0 Å². The summed E-state index contributed by atoms with van der Waals surface area (Å²) in [7, 11) is 0. The molecule has 0 radical (unpaired) electrons. The molecule has 6 nitrogen and oxygen atoms in total. The van der Waals surface area contributed by atoms with Crippen LogP contribution in [0.25, 0.3) is 0 Å². The quantitative estimate of drug-likeness (QED) is 0.724. The molecule has 19 heavy (non-hydrogen) atoms. The number of carboxylic acids is 1. The lowest BCUT2D eigenvalue weighted by Gasteiger charge is -2.25. The molecule has 0 saturated carbocycles. The predicted molar refractivity (Wildman–Crippen MR) is 73.2 cm³/mol. The van der Waals surface area contributed by atoms with Crippen molar-refractivity contribution in [1.82, 2.24) is 15.1 Å². The van der Waals surface area contributed by atoms with Gasteiger partial charge in [-0.2, -0.15) is 0 Å². The second-order valence-corrected chi connectivity index (χ2v) is 4.85. The maximum atomic E-state index is 12.0. The van der Waals surface area contributed by atoms with E-state index >= 15 is 0 Å². The van der Waals surface area contributed by atoms with Gasteiger partial charge >= 0.3 is 12.0 Å². The Balaban J connectivity index is 2.33. The number of carboxylic acid groups (broad SMARTS) is 1. The SMILES string of the molecule is CCN(CC)CCNC(=O)N1CCCC1CC(=O)O.